The number of nitrogens with one attached hydrogen (secondary N) is 1. The van der Waals surface area contributed by atoms with Gasteiger partial charge in [0.15, 0.2) is 0 Å². The minimum absolute atomic E-state index is 0.108. The Morgan fingerprint density at radius 3 is 2.90 bits per heavy atom. The van der Waals surface area contributed by atoms with Crippen molar-refractivity contribution in [3.05, 3.63) is 23.2 Å². The van der Waals surface area contributed by atoms with Gasteiger partial charge in [-0.1, -0.05) is 11.6 Å². The number of hydrogen-bond acceptors (Lipinski definition) is 3. The molecule has 1 aliphatic heterocycles. The summed E-state index contributed by atoms with van der Waals surface area (Å²) in [6.45, 7) is 1.45. The van der Waals surface area contributed by atoms with Gasteiger partial charge in [0.2, 0.25) is 11.8 Å². The van der Waals surface area contributed by atoms with Crippen LogP contribution in [0, 0.1) is 0 Å². The molecule has 2 rings (SSSR count). The average Bonchev–Trinajstić information content (AvgIpc) is 2.79. The highest BCUT2D eigenvalue weighted by atomic mass is 35.5. The Kier molecular flexibility index (Phi) is 4.84. The van der Waals surface area contributed by atoms with E-state index in [1.54, 1.807) is 18.2 Å². The highest BCUT2D eigenvalue weighted by Crippen LogP contribution is 2.24. The monoisotopic (exact) mass is 295 g/mol. The van der Waals surface area contributed by atoms with Gasteiger partial charge in [-0.05, 0) is 31.0 Å². The molecule has 2 amide bonds. The largest absolute Gasteiger partial charge is 0.399 e. The summed E-state index contributed by atoms with van der Waals surface area (Å²) < 4.78 is 0. The van der Waals surface area contributed by atoms with Crippen LogP contribution in [-0.2, 0) is 9.59 Å². The van der Waals surface area contributed by atoms with Gasteiger partial charge in [0, 0.05) is 31.6 Å². The number of nitrogens with zero attached hydrogens (tertiary/aromatic N) is 1. The molecule has 1 aromatic rings. The quantitative estimate of drug-likeness (QED) is 0.818. The Balaban J connectivity index is 1.76. The maximum atomic E-state index is 11.8. The van der Waals surface area contributed by atoms with Crippen LogP contribution in [0.2, 0.25) is 5.02 Å². The smallest absolute Gasteiger partial charge is 0.224 e. The van der Waals surface area contributed by atoms with Gasteiger partial charge in [-0.2, -0.15) is 0 Å². The van der Waals surface area contributed by atoms with Crippen LogP contribution in [0.5, 0.6) is 0 Å². The van der Waals surface area contributed by atoms with Crippen molar-refractivity contribution in [2.75, 3.05) is 24.1 Å². The van der Waals surface area contributed by atoms with Gasteiger partial charge in [0.25, 0.3) is 0 Å². The zero-order valence-electron chi connectivity index (χ0n) is 11.2. The summed E-state index contributed by atoms with van der Waals surface area (Å²) in [5.41, 5.74) is 6.70. The molecule has 0 atom stereocenters. The minimum atomic E-state index is -0.108. The summed E-state index contributed by atoms with van der Waals surface area (Å²) in [5, 5.41) is 3.17. The molecule has 0 radical (unpaired) electrons. The second-order valence-electron chi connectivity index (χ2n) is 4.88. The lowest BCUT2D eigenvalue weighted by atomic mass is 10.2. The van der Waals surface area contributed by atoms with E-state index >= 15 is 0 Å². The van der Waals surface area contributed by atoms with E-state index in [4.69, 9.17) is 17.3 Å². The average molecular weight is 296 g/mol. The number of carbonyl (C=O) groups excluding carboxylic acids is 2. The number of anilines is 2. The molecule has 1 aromatic carbocycles. The van der Waals surface area contributed by atoms with Crippen LogP contribution in [0.25, 0.3) is 0 Å². The van der Waals surface area contributed by atoms with Crippen LogP contribution in [0.1, 0.15) is 25.7 Å². The fraction of sp³-hybridized carbons (Fsp3) is 0.429. The molecular weight excluding hydrogens is 278 g/mol. The van der Waals surface area contributed by atoms with E-state index in [2.05, 4.69) is 5.32 Å². The number of nitrogens with two attached hydrogens (primary N) is 1. The normalized spacial score (nSPS) is 14.7. The van der Waals surface area contributed by atoms with E-state index in [9.17, 15) is 9.59 Å². The van der Waals surface area contributed by atoms with Crippen molar-refractivity contribution in [2.45, 2.75) is 25.7 Å². The predicted molar refractivity (Wildman–Crippen MR) is 79.5 cm³/mol. The van der Waals surface area contributed by atoms with Crippen LogP contribution in [0.4, 0.5) is 11.4 Å². The first kappa shape index (κ1) is 14.7. The zero-order chi connectivity index (χ0) is 14.5. The first-order valence-electron chi connectivity index (χ1n) is 6.69. The van der Waals surface area contributed by atoms with Gasteiger partial charge in [0.05, 0.1) is 10.7 Å². The molecule has 0 bridgehead atoms. The molecule has 20 heavy (non-hydrogen) atoms. The maximum Gasteiger partial charge on any atom is 0.224 e. The molecular formula is C14H18ClN3O2. The van der Waals surface area contributed by atoms with E-state index in [0.717, 1.165) is 13.0 Å². The number of benzene rings is 1. The molecule has 0 unspecified atom stereocenters. The Morgan fingerprint density at radius 2 is 2.25 bits per heavy atom. The number of rotatable bonds is 5. The molecule has 3 N–H and O–H groups in total. The molecule has 1 heterocycles. The maximum absolute atomic E-state index is 11.8. The lowest BCUT2D eigenvalue weighted by Crippen LogP contribution is -2.26. The molecule has 1 saturated heterocycles. The summed E-state index contributed by atoms with van der Waals surface area (Å²) in [5.74, 6) is 0.0790. The molecule has 0 saturated carbocycles. The number of hydrogen-bond donors (Lipinski definition) is 2. The number of nitrogen functional groups attached to an aromatic ring is 1. The van der Waals surface area contributed by atoms with Crippen LogP contribution in [0.15, 0.2) is 18.2 Å². The van der Waals surface area contributed by atoms with Crippen molar-refractivity contribution >= 4 is 34.8 Å². The summed E-state index contributed by atoms with van der Waals surface area (Å²) >= 11 is 5.98. The molecule has 1 aliphatic rings. The fourth-order valence-corrected chi connectivity index (χ4v) is 2.45. The molecule has 6 heteroatoms. The van der Waals surface area contributed by atoms with Gasteiger partial charge in [-0.3, -0.25) is 9.59 Å². The van der Waals surface area contributed by atoms with E-state index in [1.807, 2.05) is 4.90 Å². The standard InChI is InChI=1S/C14H18ClN3O2/c15-11-9-10(16)5-6-12(11)17-13(19)3-1-7-18-8-2-4-14(18)20/h5-6,9H,1-4,7-8,16H2,(H,17,19). The van der Waals surface area contributed by atoms with Crippen molar-refractivity contribution in [2.24, 2.45) is 0 Å². The zero-order valence-corrected chi connectivity index (χ0v) is 11.9. The van der Waals surface area contributed by atoms with Crippen molar-refractivity contribution in [1.29, 1.82) is 0 Å². The first-order chi connectivity index (χ1) is 9.56. The third-order valence-electron chi connectivity index (χ3n) is 3.27. The van der Waals surface area contributed by atoms with Gasteiger partial charge in [0.1, 0.15) is 0 Å². The van der Waals surface area contributed by atoms with E-state index in [-0.39, 0.29) is 11.8 Å². The van der Waals surface area contributed by atoms with Crippen molar-refractivity contribution in [3.8, 4) is 0 Å². The van der Waals surface area contributed by atoms with Gasteiger partial charge < -0.3 is 16.0 Å². The predicted octanol–water partition coefficient (Wildman–Crippen LogP) is 2.26. The Morgan fingerprint density at radius 1 is 1.45 bits per heavy atom. The summed E-state index contributed by atoms with van der Waals surface area (Å²) in [4.78, 5) is 25.0. The SMILES string of the molecule is Nc1ccc(NC(=O)CCCN2CCCC2=O)c(Cl)c1. The summed E-state index contributed by atoms with van der Waals surface area (Å²) in [6, 6.07) is 4.96. The first-order valence-corrected chi connectivity index (χ1v) is 7.07. The highest BCUT2D eigenvalue weighted by Gasteiger charge is 2.19. The second-order valence-corrected chi connectivity index (χ2v) is 5.28. The van der Waals surface area contributed by atoms with Crippen LogP contribution < -0.4 is 11.1 Å². The van der Waals surface area contributed by atoms with Crippen molar-refractivity contribution in [1.82, 2.24) is 4.90 Å². The summed E-state index contributed by atoms with van der Waals surface area (Å²) in [7, 11) is 0. The number of carbonyl (C=O) groups is 2. The third-order valence-corrected chi connectivity index (χ3v) is 3.58. The molecule has 5 nitrogen and oxygen atoms in total. The number of amides is 2. The van der Waals surface area contributed by atoms with Gasteiger partial charge in [-0.25, -0.2) is 0 Å². The van der Waals surface area contributed by atoms with E-state index in [1.165, 1.54) is 0 Å². The topological polar surface area (TPSA) is 75.4 Å². The van der Waals surface area contributed by atoms with Gasteiger partial charge in [-0.15, -0.1) is 0 Å². The van der Waals surface area contributed by atoms with Crippen LogP contribution in [-0.4, -0.2) is 29.8 Å². The molecule has 0 spiro atoms. The van der Waals surface area contributed by atoms with E-state index in [0.29, 0.717) is 42.2 Å². The molecule has 0 aromatic heterocycles. The van der Waals surface area contributed by atoms with Crippen molar-refractivity contribution < 1.29 is 9.59 Å². The van der Waals surface area contributed by atoms with Crippen LogP contribution in [0.3, 0.4) is 0 Å². The highest BCUT2D eigenvalue weighted by molar-refractivity contribution is 6.34. The van der Waals surface area contributed by atoms with Gasteiger partial charge >= 0.3 is 0 Å². The lowest BCUT2D eigenvalue weighted by Gasteiger charge is -2.15. The number of halogens is 1. The molecule has 1 fully saturated rings. The molecule has 108 valence electrons. The Labute approximate surface area is 123 Å². The van der Waals surface area contributed by atoms with Crippen molar-refractivity contribution in [3.63, 3.8) is 0 Å². The minimum Gasteiger partial charge on any atom is -0.399 e. The lowest BCUT2D eigenvalue weighted by molar-refractivity contribution is -0.128. The fourth-order valence-electron chi connectivity index (χ4n) is 2.22. The molecule has 0 aliphatic carbocycles. The Hall–Kier alpha value is -1.75. The Bertz CT molecular complexity index is 519. The summed E-state index contributed by atoms with van der Waals surface area (Å²) in [6.07, 6.45) is 2.58. The van der Waals surface area contributed by atoms with Crippen LogP contribution >= 0.6 is 11.6 Å². The number of likely N-dealkylation sites (tertiary alicyclic amines) is 1. The van der Waals surface area contributed by atoms with E-state index < -0.39 is 0 Å². The third kappa shape index (κ3) is 3.87. The second kappa shape index (κ2) is 6.61.